The van der Waals surface area contributed by atoms with Crippen LogP contribution in [0.15, 0.2) is 0 Å². The Hall–Kier alpha value is -0.0800. The average Bonchev–Trinajstić information content (AvgIpc) is 2.16. The Morgan fingerprint density at radius 3 is 2.31 bits per heavy atom. The molecule has 0 bridgehead atoms. The molecule has 1 unspecified atom stereocenters. The highest BCUT2D eigenvalue weighted by molar-refractivity contribution is 4.56. The van der Waals surface area contributed by atoms with Gasteiger partial charge in [0.05, 0.1) is 6.10 Å². The maximum absolute atomic E-state index is 5.40. The second-order valence-electron chi connectivity index (χ2n) is 3.40. The summed E-state index contributed by atoms with van der Waals surface area (Å²) in [5.41, 5.74) is 0. The van der Waals surface area contributed by atoms with Crippen molar-refractivity contribution in [2.75, 3.05) is 20.3 Å². The maximum Gasteiger partial charge on any atom is 0.0572 e. The van der Waals surface area contributed by atoms with Crippen molar-refractivity contribution in [3.05, 3.63) is 0 Å². The molecule has 2 heteroatoms. The molecule has 0 aromatic carbocycles. The van der Waals surface area contributed by atoms with Gasteiger partial charge in [0.2, 0.25) is 0 Å². The summed E-state index contributed by atoms with van der Waals surface area (Å²) in [4.78, 5) is 0. The molecular formula is C11H24O2. The Morgan fingerprint density at radius 2 is 1.77 bits per heavy atom. The van der Waals surface area contributed by atoms with Crippen LogP contribution in [0, 0.1) is 0 Å². The van der Waals surface area contributed by atoms with Crippen LogP contribution in [-0.2, 0) is 9.47 Å². The van der Waals surface area contributed by atoms with E-state index in [2.05, 4.69) is 13.8 Å². The molecule has 0 saturated carbocycles. The first-order chi connectivity index (χ1) is 6.35. The normalized spacial score (nSPS) is 13.2. The van der Waals surface area contributed by atoms with E-state index in [0.29, 0.717) is 6.10 Å². The van der Waals surface area contributed by atoms with E-state index in [1.54, 1.807) is 7.11 Å². The van der Waals surface area contributed by atoms with E-state index >= 15 is 0 Å². The van der Waals surface area contributed by atoms with E-state index in [9.17, 15) is 0 Å². The fourth-order valence-electron chi connectivity index (χ4n) is 1.36. The van der Waals surface area contributed by atoms with E-state index in [0.717, 1.165) is 32.5 Å². The van der Waals surface area contributed by atoms with Gasteiger partial charge in [0.15, 0.2) is 0 Å². The lowest BCUT2D eigenvalue weighted by atomic mass is 10.1. The van der Waals surface area contributed by atoms with Gasteiger partial charge in [0.1, 0.15) is 0 Å². The van der Waals surface area contributed by atoms with Crippen LogP contribution in [0.4, 0.5) is 0 Å². The van der Waals surface area contributed by atoms with Crippen LogP contribution in [0.25, 0.3) is 0 Å². The largest absolute Gasteiger partial charge is 0.381 e. The molecule has 0 aliphatic rings. The highest BCUT2D eigenvalue weighted by Gasteiger charge is 2.04. The Morgan fingerprint density at radius 1 is 1.00 bits per heavy atom. The Kier molecular flexibility index (Phi) is 9.94. The van der Waals surface area contributed by atoms with Gasteiger partial charge in [0.25, 0.3) is 0 Å². The van der Waals surface area contributed by atoms with Crippen LogP contribution in [0.2, 0.25) is 0 Å². The number of methoxy groups -OCH3 is 1. The lowest BCUT2D eigenvalue weighted by molar-refractivity contribution is 0.0690. The molecular weight excluding hydrogens is 164 g/mol. The molecule has 0 aliphatic carbocycles. The second-order valence-corrected chi connectivity index (χ2v) is 3.40. The molecule has 0 aromatic rings. The predicted octanol–water partition coefficient (Wildman–Crippen LogP) is 3.01. The molecule has 0 rings (SSSR count). The summed E-state index contributed by atoms with van der Waals surface area (Å²) in [7, 11) is 1.80. The SMILES string of the molecule is CCCOCCCC(CCC)OC. The van der Waals surface area contributed by atoms with Crippen LogP contribution in [-0.4, -0.2) is 26.4 Å². The minimum atomic E-state index is 0.440. The third kappa shape index (κ3) is 8.26. The summed E-state index contributed by atoms with van der Waals surface area (Å²) >= 11 is 0. The molecule has 0 saturated heterocycles. The first-order valence-corrected chi connectivity index (χ1v) is 5.45. The minimum absolute atomic E-state index is 0.440. The number of hydrogen-bond acceptors (Lipinski definition) is 2. The van der Waals surface area contributed by atoms with E-state index in [1.165, 1.54) is 12.8 Å². The Bertz CT molecular complexity index is 94.1. The van der Waals surface area contributed by atoms with Gasteiger partial charge in [0, 0.05) is 20.3 Å². The van der Waals surface area contributed by atoms with Gasteiger partial charge < -0.3 is 9.47 Å². The molecule has 0 N–H and O–H groups in total. The predicted molar refractivity (Wildman–Crippen MR) is 56.0 cm³/mol. The van der Waals surface area contributed by atoms with E-state index in [4.69, 9.17) is 9.47 Å². The van der Waals surface area contributed by atoms with Gasteiger partial charge in [-0.15, -0.1) is 0 Å². The molecule has 0 aromatic heterocycles. The van der Waals surface area contributed by atoms with Crippen LogP contribution in [0.5, 0.6) is 0 Å². The molecule has 0 heterocycles. The van der Waals surface area contributed by atoms with Gasteiger partial charge >= 0.3 is 0 Å². The van der Waals surface area contributed by atoms with Gasteiger partial charge in [-0.05, 0) is 25.7 Å². The zero-order valence-corrected chi connectivity index (χ0v) is 9.34. The summed E-state index contributed by atoms with van der Waals surface area (Å²) in [5.74, 6) is 0. The quantitative estimate of drug-likeness (QED) is 0.518. The molecule has 0 fully saturated rings. The van der Waals surface area contributed by atoms with Crippen LogP contribution in [0.3, 0.4) is 0 Å². The molecule has 0 amide bonds. The summed E-state index contributed by atoms with van der Waals surface area (Å²) in [6.45, 7) is 6.11. The second kappa shape index (κ2) is 10.0. The third-order valence-corrected chi connectivity index (χ3v) is 2.11. The van der Waals surface area contributed by atoms with Gasteiger partial charge in [-0.3, -0.25) is 0 Å². The van der Waals surface area contributed by atoms with Gasteiger partial charge in [-0.2, -0.15) is 0 Å². The molecule has 80 valence electrons. The molecule has 13 heavy (non-hydrogen) atoms. The Balaban J connectivity index is 3.17. The molecule has 0 spiro atoms. The molecule has 0 radical (unpaired) electrons. The van der Waals surface area contributed by atoms with E-state index in [1.807, 2.05) is 0 Å². The van der Waals surface area contributed by atoms with Crippen molar-refractivity contribution in [3.8, 4) is 0 Å². The molecule has 2 nitrogen and oxygen atoms in total. The fourth-order valence-corrected chi connectivity index (χ4v) is 1.36. The standard InChI is InChI=1S/C11H24O2/c1-4-7-11(12-3)8-6-10-13-9-5-2/h11H,4-10H2,1-3H3. The molecule has 1 atom stereocenters. The van der Waals surface area contributed by atoms with Gasteiger partial charge in [-0.25, -0.2) is 0 Å². The zero-order chi connectivity index (χ0) is 9.94. The summed E-state index contributed by atoms with van der Waals surface area (Å²) in [6.07, 6.45) is 6.18. The van der Waals surface area contributed by atoms with Crippen molar-refractivity contribution in [2.24, 2.45) is 0 Å². The van der Waals surface area contributed by atoms with Crippen molar-refractivity contribution in [3.63, 3.8) is 0 Å². The number of ether oxygens (including phenoxy) is 2. The van der Waals surface area contributed by atoms with Crippen LogP contribution >= 0.6 is 0 Å². The van der Waals surface area contributed by atoms with Crippen molar-refractivity contribution in [2.45, 2.75) is 52.1 Å². The fraction of sp³-hybridized carbons (Fsp3) is 1.00. The summed E-state index contributed by atoms with van der Waals surface area (Å²) in [5, 5.41) is 0. The first kappa shape index (κ1) is 12.9. The van der Waals surface area contributed by atoms with Crippen LogP contribution < -0.4 is 0 Å². The lowest BCUT2D eigenvalue weighted by Gasteiger charge is -2.13. The van der Waals surface area contributed by atoms with E-state index in [-0.39, 0.29) is 0 Å². The summed E-state index contributed by atoms with van der Waals surface area (Å²) in [6, 6.07) is 0. The maximum atomic E-state index is 5.40. The van der Waals surface area contributed by atoms with Crippen molar-refractivity contribution in [1.82, 2.24) is 0 Å². The lowest BCUT2D eigenvalue weighted by Crippen LogP contribution is -2.11. The topological polar surface area (TPSA) is 18.5 Å². The number of rotatable bonds is 9. The highest BCUT2D eigenvalue weighted by atomic mass is 16.5. The van der Waals surface area contributed by atoms with Crippen molar-refractivity contribution >= 4 is 0 Å². The van der Waals surface area contributed by atoms with Crippen molar-refractivity contribution in [1.29, 1.82) is 0 Å². The summed E-state index contributed by atoms with van der Waals surface area (Å²) < 4.78 is 10.7. The van der Waals surface area contributed by atoms with Crippen molar-refractivity contribution < 1.29 is 9.47 Å². The monoisotopic (exact) mass is 188 g/mol. The highest BCUT2D eigenvalue weighted by Crippen LogP contribution is 2.08. The molecule has 0 aliphatic heterocycles. The minimum Gasteiger partial charge on any atom is -0.381 e. The van der Waals surface area contributed by atoms with Crippen LogP contribution in [0.1, 0.15) is 46.0 Å². The number of hydrogen-bond donors (Lipinski definition) is 0. The zero-order valence-electron chi connectivity index (χ0n) is 9.34. The first-order valence-electron chi connectivity index (χ1n) is 5.45. The van der Waals surface area contributed by atoms with Gasteiger partial charge in [-0.1, -0.05) is 20.3 Å². The van der Waals surface area contributed by atoms with E-state index < -0.39 is 0 Å². The Labute approximate surface area is 82.6 Å². The average molecular weight is 188 g/mol. The third-order valence-electron chi connectivity index (χ3n) is 2.11. The smallest absolute Gasteiger partial charge is 0.0572 e.